The fourth-order valence-corrected chi connectivity index (χ4v) is 7.07. The van der Waals surface area contributed by atoms with E-state index in [4.69, 9.17) is 9.15 Å². The van der Waals surface area contributed by atoms with E-state index in [1.54, 1.807) is 42.5 Å². The molecule has 1 spiro atoms. The lowest BCUT2D eigenvalue weighted by Crippen LogP contribution is -2.53. The van der Waals surface area contributed by atoms with Crippen molar-refractivity contribution in [3.63, 3.8) is 0 Å². The Balaban J connectivity index is 1.48. The molecule has 0 amide bonds. The smallest absolute Gasteiger partial charge is 0.374 e. The number of benzene rings is 2. The number of allylic oxidation sites excluding steroid dienone is 2. The molecule has 2 atom stereocenters. The highest BCUT2D eigenvalue weighted by molar-refractivity contribution is 7.86. The molecular formula is C25H26N2O8S2. The van der Waals surface area contributed by atoms with Gasteiger partial charge in [0.15, 0.2) is 33.5 Å². The number of nitrogens with zero attached hydrogens (tertiary/aromatic N) is 2. The zero-order valence-electron chi connectivity index (χ0n) is 19.9. The summed E-state index contributed by atoms with van der Waals surface area (Å²) in [7, 11) is -8.88. The number of rotatable bonds is 8. The SMILES string of the molecule is O=S(=O)([O-])CCCC[n+]1c(C=CC=C2Oc3ccccc3[N+]23CCCC3S(=O)(=O)[O-])oc2ccccc21. The van der Waals surface area contributed by atoms with Gasteiger partial charge in [-0.15, -0.1) is 0 Å². The second-order valence-corrected chi connectivity index (χ2v) is 12.2. The molecule has 2 aliphatic rings. The van der Waals surface area contributed by atoms with E-state index in [2.05, 4.69) is 0 Å². The van der Waals surface area contributed by atoms with Crippen LogP contribution < -0.4 is 13.8 Å². The van der Waals surface area contributed by atoms with Crippen LogP contribution in [0.5, 0.6) is 5.75 Å². The van der Waals surface area contributed by atoms with Crippen LogP contribution in [-0.4, -0.2) is 43.6 Å². The molecule has 0 radical (unpaired) electrons. The van der Waals surface area contributed by atoms with Gasteiger partial charge in [0, 0.05) is 43.2 Å². The molecule has 10 nitrogen and oxygen atoms in total. The molecule has 2 aliphatic heterocycles. The highest BCUT2D eigenvalue weighted by Gasteiger charge is 2.56. The van der Waals surface area contributed by atoms with Gasteiger partial charge in [-0.1, -0.05) is 24.3 Å². The van der Waals surface area contributed by atoms with E-state index in [9.17, 15) is 25.9 Å². The zero-order valence-corrected chi connectivity index (χ0v) is 21.5. The molecule has 0 saturated carbocycles. The van der Waals surface area contributed by atoms with Crippen LogP contribution in [0, 0.1) is 0 Å². The molecular weight excluding hydrogens is 520 g/mol. The monoisotopic (exact) mass is 546 g/mol. The van der Waals surface area contributed by atoms with Crippen molar-refractivity contribution in [3.05, 3.63) is 72.5 Å². The van der Waals surface area contributed by atoms with Gasteiger partial charge >= 0.3 is 11.8 Å². The number of para-hydroxylation sites is 4. The number of ether oxygens (including phenoxy) is 1. The van der Waals surface area contributed by atoms with Crippen molar-refractivity contribution < 1.29 is 39.7 Å². The number of fused-ring (bicyclic) bond motifs is 3. The maximum atomic E-state index is 12.2. The largest absolute Gasteiger partial charge is 0.748 e. The van der Waals surface area contributed by atoms with Gasteiger partial charge in [0.1, 0.15) is 0 Å². The first-order valence-electron chi connectivity index (χ1n) is 11.9. The van der Waals surface area contributed by atoms with Gasteiger partial charge in [-0.25, -0.2) is 21.3 Å². The zero-order chi connectivity index (χ0) is 26.3. The summed E-state index contributed by atoms with van der Waals surface area (Å²) in [5.74, 6) is 0.925. The third-order valence-corrected chi connectivity index (χ3v) is 8.88. The first-order valence-corrected chi connectivity index (χ1v) is 15.0. The van der Waals surface area contributed by atoms with Gasteiger partial charge in [0.25, 0.3) is 5.52 Å². The average Bonchev–Trinajstić information content (AvgIpc) is 3.52. The minimum Gasteiger partial charge on any atom is -0.748 e. The quantitative estimate of drug-likeness (QED) is 0.182. The van der Waals surface area contributed by atoms with E-state index < -0.39 is 31.4 Å². The molecule has 3 aromatic rings. The topological polar surface area (TPSA) is 141 Å². The summed E-state index contributed by atoms with van der Waals surface area (Å²) in [6.45, 7) is 0.858. The molecule has 2 unspecified atom stereocenters. The lowest BCUT2D eigenvalue weighted by atomic mass is 10.2. The van der Waals surface area contributed by atoms with Gasteiger partial charge in [-0.2, -0.15) is 4.57 Å². The van der Waals surface area contributed by atoms with Gasteiger partial charge in [-0.05, 0) is 24.6 Å². The molecule has 1 fully saturated rings. The van der Waals surface area contributed by atoms with E-state index in [-0.39, 0.29) is 17.3 Å². The molecule has 5 rings (SSSR count). The van der Waals surface area contributed by atoms with Crippen molar-refractivity contribution >= 4 is 43.1 Å². The third-order valence-electron chi connectivity index (χ3n) is 6.83. The normalized spacial score (nSPS) is 22.9. The minimum absolute atomic E-state index is 0.170. The fraction of sp³-hybridized carbons (Fsp3) is 0.320. The Hall–Kier alpha value is -3.03. The molecule has 0 bridgehead atoms. The van der Waals surface area contributed by atoms with Crippen LogP contribution in [0.4, 0.5) is 5.69 Å². The molecule has 0 aliphatic carbocycles. The van der Waals surface area contributed by atoms with Crippen LogP contribution in [-0.2, 0) is 26.8 Å². The fourth-order valence-electron chi connectivity index (χ4n) is 5.29. The maximum Gasteiger partial charge on any atom is 0.374 e. The number of hydrogen-bond donors (Lipinski definition) is 0. The Labute approximate surface area is 215 Å². The van der Waals surface area contributed by atoms with E-state index in [1.807, 2.05) is 28.8 Å². The van der Waals surface area contributed by atoms with Gasteiger partial charge in [0.2, 0.25) is 5.58 Å². The van der Waals surface area contributed by atoms with E-state index >= 15 is 0 Å². The second-order valence-electron chi connectivity index (χ2n) is 9.14. The van der Waals surface area contributed by atoms with Gasteiger partial charge < -0.3 is 18.3 Å². The van der Waals surface area contributed by atoms with Crippen molar-refractivity contribution in [2.45, 2.75) is 37.6 Å². The Morgan fingerprint density at radius 3 is 2.57 bits per heavy atom. The van der Waals surface area contributed by atoms with Crippen LogP contribution in [0.2, 0.25) is 0 Å². The Morgan fingerprint density at radius 1 is 1.03 bits per heavy atom. The predicted molar refractivity (Wildman–Crippen MR) is 134 cm³/mol. The minimum atomic E-state index is -4.60. The molecule has 12 heteroatoms. The molecule has 1 aromatic heterocycles. The molecule has 3 heterocycles. The summed E-state index contributed by atoms with van der Waals surface area (Å²) in [6, 6.07) is 14.5. The van der Waals surface area contributed by atoms with Crippen molar-refractivity contribution in [1.29, 1.82) is 0 Å². The Bertz CT molecular complexity index is 1610. The van der Waals surface area contributed by atoms with E-state index in [0.717, 1.165) is 5.52 Å². The highest BCUT2D eigenvalue weighted by atomic mass is 32.2. The number of unbranched alkanes of at least 4 members (excludes halogenated alkanes) is 1. The standard InChI is InChI=1S/C25H26N2O8S2/c28-36(29,30)18-6-5-16-26-19-9-1-3-11-21(19)34-23(26)13-7-14-24-27(17-8-15-25(27)37(31,32)33)20-10-2-4-12-22(20)35-24/h1-4,7,9-14,25H,5-6,8,15-18H2. The average molecular weight is 547 g/mol. The lowest BCUT2D eigenvalue weighted by Gasteiger charge is -2.34. The summed E-state index contributed by atoms with van der Waals surface area (Å²) >= 11 is 0. The number of aryl methyl sites for hydroxylation is 1. The molecule has 1 saturated heterocycles. The first kappa shape index (κ1) is 25.6. The maximum absolute atomic E-state index is 12.2. The Morgan fingerprint density at radius 2 is 1.78 bits per heavy atom. The number of hydrogen-bond acceptors (Lipinski definition) is 8. The van der Waals surface area contributed by atoms with E-state index in [0.29, 0.717) is 54.7 Å². The second kappa shape index (κ2) is 9.69. The summed E-state index contributed by atoms with van der Waals surface area (Å²) in [6.07, 6.45) is 6.54. The Kier molecular flexibility index (Phi) is 6.71. The third kappa shape index (κ3) is 4.94. The van der Waals surface area contributed by atoms with Crippen LogP contribution in [0.15, 0.2) is 71.0 Å². The lowest BCUT2D eigenvalue weighted by molar-refractivity contribution is -0.678. The first-order chi connectivity index (χ1) is 17.6. The number of aromatic nitrogens is 1. The summed E-state index contributed by atoms with van der Waals surface area (Å²) in [5, 5.41) is -1.18. The van der Waals surface area contributed by atoms with Crippen LogP contribution in [0.25, 0.3) is 17.2 Å². The van der Waals surface area contributed by atoms with Crippen molar-refractivity contribution in [1.82, 2.24) is 4.48 Å². The van der Waals surface area contributed by atoms with Gasteiger partial charge in [0.05, 0.1) is 22.7 Å². The van der Waals surface area contributed by atoms with Crippen molar-refractivity contribution in [2.75, 3.05) is 12.3 Å². The van der Waals surface area contributed by atoms with Crippen molar-refractivity contribution in [2.24, 2.45) is 0 Å². The predicted octanol–water partition coefficient (Wildman–Crippen LogP) is 2.97. The van der Waals surface area contributed by atoms with Crippen LogP contribution >= 0.6 is 0 Å². The van der Waals surface area contributed by atoms with Crippen LogP contribution in [0.3, 0.4) is 0 Å². The van der Waals surface area contributed by atoms with Crippen molar-refractivity contribution in [3.8, 4) is 5.75 Å². The highest BCUT2D eigenvalue weighted by Crippen LogP contribution is 2.51. The summed E-state index contributed by atoms with van der Waals surface area (Å²) < 4.78 is 83.3. The molecule has 2 aromatic carbocycles. The van der Waals surface area contributed by atoms with Crippen LogP contribution in [0.1, 0.15) is 31.6 Å². The van der Waals surface area contributed by atoms with Gasteiger partial charge in [-0.3, -0.25) is 0 Å². The number of quaternary nitrogens is 1. The molecule has 196 valence electrons. The summed E-state index contributed by atoms with van der Waals surface area (Å²) in [5.41, 5.74) is 2.09. The van der Waals surface area contributed by atoms with E-state index in [1.165, 1.54) is 0 Å². The molecule has 37 heavy (non-hydrogen) atoms. The summed E-state index contributed by atoms with van der Waals surface area (Å²) in [4.78, 5) is 0. The molecule has 0 N–H and O–H groups in total. The number of oxazole rings is 1.